The predicted octanol–water partition coefficient (Wildman–Crippen LogP) is 6.27. The molecule has 0 saturated carbocycles. The van der Waals surface area contributed by atoms with Crippen molar-refractivity contribution in [1.82, 2.24) is 0 Å². The Hall–Kier alpha value is -2.18. The SMILES string of the molecule is COC1(C[P+](c2ccccc2)(c2ccccc2)c2ccccc2)C(C)=C(C)C=C(C)C1Cl. The number of hydrogen-bond donors (Lipinski definition) is 0. The molecule has 3 heteroatoms. The molecule has 0 bridgehead atoms. The van der Waals surface area contributed by atoms with Gasteiger partial charge >= 0.3 is 0 Å². The second kappa shape index (κ2) is 9.36. The predicted molar refractivity (Wildman–Crippen MR) is 142 cm³/mol. The van der Waals surface area contributed by atoms with Crippen molar-refractivity contribution in [3.63, 3.8) is 0 Å². The molecule has 0 spiro atoms. The van der Waals surface area contributed by atoms with Crippen LogP contribution in [0.3, 0.4) is 0 Å². The van der Waals surface area contributed by atoms with Crippen LogP contribution in [0.15, 0.2) is 114 Å². The van der Waals surface area contributed by atoms with Gasteiger partial charge in [-0.15, -0.1) is 11.6 Å². The molecule has 1 aliphatic rings. The van der Waals surface area contributed by atoms with Crippen LogP contribution in [0.25, 0.3) is 0 Å². The Labute approximate surface area is 198 Å². The number of hydrogen-bond acceptors (Lipinski definition) is 1. The first-order valence-corrected chi connectivity index (χ1v) is 13.5. The minimum Gasteiger partial charge on any atom is -0.368 e. The van der Waals surface area contributed by atoms with Gasteiger partial charge in [-0.3, -0.25) is 0 Å². The van der Waals surface area contributed by atoms with E-state index in [1.807, 2.05) is 7.11 Å². The molecule has 164 valence electrons. The van der Waals surface area contributed by atoms with Crippen LogP contribution in [-0.4, -0.2) is 24.2 Å². The Kier molecular flexibility index (Phi) is 6.72. The Balaban J connectivity index is 2.06. The Morgan fingerprint density at radius 2 is 1.16 bits per heavy atom. The number of allylic oxidation sites excluding steroid dienone is 2. The van der Waals surface area contributed by atoms with E-state index in [0.29, 0.717) is 0 Å². The monoisotopic (exact) mass is 461 g/mol. The van der Waals surface area contributed by atoms with Crippen LogP contribution in [0.4, 0.5) is 0 Å². The highest BCUT2D eigenvalue weighted by Crippen LogP contribution is 2.60. The molecule has 0 radical (unpaired) electrons. The quantitative estimate of drug-likeness (QED) is 0.310. The average Bonchev–Trinajstić information content (AvgIpc) is 2.85. The molecule has 0 aromatic heterocycles. The summed E-state index contributed by atoms with van der Waals surface area (Å²) in [5.41, 5.74) is 3.02. The van der Waals surface area contributed by atoms with E-state index in [2.05, 4.69) is 118 Å². The Bertz CT molecular complexity index is 1020. The van der Waals surface area contributed by atoms with Gasteiger partial charge in [-0.2, -0.15) is 0 Å². The lowest BCUT2D eigenvalue weighted by molar-refractivity contribution is 0.0430. The van der Waals surface area contributed by atoms with Crippen molar-refractivity contribution in [1.29, 1.82) is 0 Å². The Morgan fingerprint density at radius 3 is 1.53 bits per heavy atom. The molecular weight excluding hydrogens is 431 g/mol. The van der Waals surface area contributed by atoms with Gasteiger partial charge in [-0.25, -0.2) is 0 Å². The number of ether oxygens (including phenoxy) is 1. The molecule has 0 heterocycles. The molecule has 0 N–H and O–H groups in total. The second-order valence-electron chi connectivity index (χ2n) is 8.63. The minimum atomic E-state index is -2.10. The summed E-state index contributed by atoms with van der Waals surface area (Å²) in [7, 11) is -0.282. The third kappa shape index (κ3) is 3.77. The van der Waals surface area contributed by atoms with Crippen molar-refractivity contribution < 1.29 is 4.74 Å². The maximum Gasteiger partial charge on any atom is 0.143 e. The van der Waals surface area contributed by atoms with E-state index in [1.54, 1.807) is 0 Å². The molecule has 32 heavy (non-hydrogen) atoms. The summed E-state index contributed by atoms with van der Waals surface area (Å²) in [6.07, 6.45) is 3.01. The van der Waals surface area contributed by atoms with Crippen molar-refractivity contribution in [2.24, 2.45) is 0 Å². The van der Waals surface area contributed by atoms with Crippen molar-refractivity contribution in [2.75, 3.05) is 13.3 Å². The maximum absolute atomic E-state index is 7.21. The van der Waals surface area contributed by atoms with E-state index in [1.165, 1.54) is 27.1 Å². The molecule has 3 aromatic rings. The smallest absolute Gasteiger partial charge is 0.143 e. The number of alkyl halides is 1. The van der Waals surface area contributed by atoms with E-state index in [0.717, 1.165) is 11.7 Å². The fourth-order valence-corrected chi connectivity index (χ4v) is 10.3. The normalized spacial score (nSPS) is 21.4. The minimum absolute atomic E-state index is 0.230. The lowest BCUT2D eigenvalue weighted by atomic mass is 9.81. The van der Waals surface area contributed by atoms with E-state index >= 15 is 0 Å². The van der Waals surface area contributed by atoms with Crippen LogP contribution >= 0.6 is 18.9 Å². The molecule has 1 aliphatic carbocycles. The molecule has 2 unspecified atom stereocenters. The molecule has 0 amide bonds. The van der Waals surface area contributed by atoms with E-state index in [4.69, 9.17) is 16.3 Å². The lowest BCUT2D eigenvalue weighted by Gasteiger charge is -2.44. The standard InChI is InChI=1S/C29H31ClOP/c1-22-20-23(2)28(30)29(31-4,24(22)3)21-32(25-14-8-5-9-15-25,26-16-10-6-11-17-26)27-18-12-7-13-19-27/h5-20,28H,21H2,1-4H3/q+1. The number of halogens is 1. The fourth-order valence-electron chi connectivity index (χ4n) is 5.06. The van der Waals surface area contributed by atoms with Gasteiger partial charge in [0.2, 0.25) is 0 Å². The van der Waals surface area contributed by atoms with Crippen LogP contribution in [0.1, 0.15) is 20.8 Å². The molecule has 0 aliphatic heterocycles. The molecule has 0 fully saturated rings. The summed E-state index contributed by atoms with van der Waals surface area (Å²) >= 11 is 7.21. The van der Waals surface area contributed by atoms with E-state index in [-0.39, 0.29) is 5.38 Å². The zero-order chi connectivity index (χ0) is 22.8. The fraction of sp³-hybridized carbons (Fsp3) is 0.241. The highest BCUT2D eigenvalue weighted by molar-refractivity contribution is 7.95. The molecule has 0 saturated heterocycles. The Morgan fingerprint density at radius 1 is 0.750 bits per heavy atom. The van der Waals surface area contributed by atoms with Crippen LogP contribution in [0.5, 0.6) is 0 Å². The summed E-state index contributed by atoms with van der Waals surface area (Å²) in [6.45, 7) is 6.48. The third-order valence-electron chi connectivity index (χ3n) is 6.91. The summed E-state index contributed by atoms with van der Waals surface area (Å²) in [4.78, 5) is 0. The van der Waals surface area contributed by atoms with Crippen LogP contribution < -0.4 is 15.9 Å². The lowest BCUT2D eigenvalue weighted by Crippen LogP contribution is -2.52. The largest absolute Gasteiger partial charge is 0.368 e. The molecule has 3 aromatic carbocycles. The van der Waals surface area contributed by atoms with Crippen molar-refractivity contribution in [3.05, 3.63) is 114 Å². The molecule has 4 rings (SSSR count). The van der Waals surface area contributed by atoms with Crippen LogP contribution in [0.2, 0.25) is 0 Å². The summed E-state index contributed by atoms with van der Waals surface area (Å²) in [5, 5.41) is 3.80. The van der Waals surface area contributed by atoms with Crippen LogP contribution in [0, 0.1) is 0 Å². The van der Waals surface area contributed by atoms with Crippen molar-refractivity contribution in [3.8, 4) is 0 Å². The van der Waals surface area contributed by atoms with Gasteiger partial charge in [0, 0.05) is 7.11 Å². The number of benzene rings is 3. The van der Waals surface area contributed by atoms with Crippen molar-refractivity contribution >= 4 is 34.8 Å². The van der Waals surface area contributed by atoms with Gasteiger partial charge in [-0.05, 0) is 68.3 Å². The third-order valence-corrected chi connectivity index (χ3v) is 12.1. The van der Waals surface area contributed by atoms with Gasteiger partial charge in [0.05, 0.1) is 5.38 Å². The maximum atomic E-state index is 7.21. The molecule has 1 nitrogen and oxygen atoms in total. The second-order valence-corrected chi connectivity index (χ2v) is 12.5. The van der Waals surface area contributed by atoms with Crippen LogP contribution in [-0.2, 0) is 4.74 Å². The van der Waals surface area contributed by atoms with Crippen molar-refractivity contribution in [2.45, 2.75) is 31.7 Å². The summed E-state index contributed by atoms with van der Waals surface area (Å²) in [6, 6.07) is 32.8. The van der Waals surface area contributed by atoms with Gasteiger partial charge in [-0.1, -0.05) is 66.2 Å². The summed E-state index contributed by atoms with van der Waals surface area (Å²) < 4.78 is 6.46. The molecule has 2 atom stereocenters. The average molecular weight is 462 g/mol. The first-order valence-electron chi connectivity index (χ1n) is 11.1. The van der Waals surface area contributed by atoms with E-state index < -0.39 is 12.9 Å². The first-order chi connectivity index (χ1) is 15.5. The van der Waals surface area contributed by atoms with Gasteiger partial charge in [0.1, 0.15) is 34.9 Å². The molecular formula is C29H31ClOP+. The van der Waals surface area contributed by atoms with E-state index in [9.17, 15) is 0 Å². The highest BCUT2D eigenvalue weighted by Gasteiger charge is 2.56. The van der Waals surface area contributed by atoms with Gasteiger partial charge < -0.3 is 4.74 Å². The highest BCUT2D eigenvalue weighted by atomic mass is 35.5. The first kappa shape index (κ1) is 23.0. The number of rotatable bonds is 6. The zero-order valence-corrected chi connectivity index (χ0v) is 20.9. The number of methoxy groups -OCH3 is 1. The van der Waals surface area contributed by atoms with Gasteiger partial charge in [0.25, 0.3) is 0 Å². The zero-order valence-electron chi connectivity index (χ0n) is 19.3. The topological polar surface area (TPSA) is 9.23 Å². The van der Waals surface area contributed by atoms with Gasteiger partial charge in [0.15, 0.2) is 0 Å². The summed E-state index contributed by atoms with van der Waals surface area (Å²) in [5.74, 6) is 0.